The molecule has 1 atom stereocenters. The molecule has 2 aromatic carbocycles. The highest BCUT2D eigenvalue weighted by atomic mass is 19.1. The molecule has 1 fully saturated rings. The Kier molecular flexibility index (Phi) is 4.04. The van der Waals surface area contributed by atoms with Crippen molar-refractivity contribution in [3.8, 4) is 11.4 Å². The second-order valence-corrected chi connectivity index (χ2v) is 6.39. The molecule has 24 heavy (non-hydrogen) atoms. The fourth-order valence-electron chi connectivity index (χ4n) is 3.43. The van der Waals surface area contributed by atoms with Gasteiger partial charge in [0, 0.05) is 18.2 Å². The zero-order valence-electron chi connectivity index (χ0n) is 13.4. The van der Waals surface area contributed by atoms with Gasteiger partial charge in [0.05, 0.1) is 17.6 Å². The van der Waals surface area contributed by atoms with Crippen LogP contribution in [0.25, 0.3) is 22.4 Å². The van der Waals surface area contributed by atoms with Crippen LogP contribution in [0.15, 0.2) is 42.5 Å². The Hall–Kier alpha value is -2.24. The Labute approximate surface area is 140 Å². The van der Waals surface area contributed by atoms with Crippen molar-refractivity contribution in [2.75, 3.05) is 13.2 Å². The maximum Gasteiger partial charge on any atom is 0.138 e. The van der Waals surface area contributed by atoms with Gasteiger partial charge in [-0.25, -0.2) is 9.37 Å². The number of aliphatic hydroxyl groups is 1. The predicted molar refractivity (Wildman–Crippen MR) is 92.0 cm³/mol. The molecule has 2 heterocycles. The number of aromatic nitrogens is 2. The summed E-state index contributed by atoms with van der Waals surface area (Å²) in [6.45, 7) is 2.13. The topological polar surface area (TPSA) is 52.1 Å². The third-order valence-electron chi connectivity index (χ3n) is 4.77. The van der Waals surface area contributed by atoms with Gasteiger partial charge in [-0.15, -0.1) is 0 Å². The second-order valence-electron chi connectivity index (χ2n) is 6.39. The van der Waals surface area contributed by atoms with Crippen molar-refractivity contribution in [2.24, 2.45) is 0 Å². The number of benzene rings is 2. The average Bonchev–Trinajstić information content (AvgIpc) is 3.21. The van der Waals surface area contributed by atoms with Crippen molar-refractivity contribution >= 4 is 11.0 Å². The highest BCUT2D eigenvalue weighted by molar-refractivity contribution is 5.79. The molecule has 1 aliphatic rings. The lowest BCUT2D eigenvalue weighted by atomic mass is 10.1. The minimum atomic E-state index is -0.267. The number of aliphatic hydroxyl groups excluding tert-OH is 1. The van der Waals surface area contributed by atoms with Gasteiger partial charge in [-0.3, -0.25) is 4.90 Å². The van der Waals surface area contributed by atoms with Gasteiger partial charge in [-0.1, -0.05) is 24.3 Å². The molecule has 0 aliphatic carbocycles. The molecule has 3 aromatic rings. The number of imidazole rings is 1. The number of aromatic amines is 1. The molecule has 2 N–H and O–H groups in total. The zero-order chi connectivity index (χ0) is 16.5. The van der Waals surface area contributed by atoms with Crippen LogP contribution in [0.4, 0.5) is 4.39 Å². The summed E-state index contributed by atoms with van der Waals surface area (Å²) in [6, 6.07) is 13.1. The second kappa shape index (κ2) is 6.34. The molecular weight excluding hydrogens is 305 g/mol. The van der Waals surface area contributed by atoms with Gasteiger partial charge >= 0.3 is 0 Å². The molecule has 0 bridgehead atoms. The van der Waals surface area contributed by atoms with Crippen molar-refractivity contribution in [3.63, 3.8) is 0 Å². The number of nitrogens with zero attached hydrogens (tertiary/aromatic N) is 2. The minimum Gasteiger partial charge on any atom is -0.395 e. The summed E-state index contributed by atoms with van der Waals surface area (Å²) in [5, 5.41) is 9.42. The van der Waals surface area contributed by atoms with Crippen molar-refractivity contribution in [1.29, 1.82) is 0 Å². The summed E-state index contributed by atoms with van der Waals surface area (Å²) in [6.07, 6.45) is 2.23. The molecular formula is C19H20FN3O. The average molecular weight is 325 g/mol. The van der Waals surface area contributed by atoms with Crippen LogP contribution in [-0.4, -0.2) is 39.2 Å². The minimum absolute atomic E-state index is 0.230. The summed E-state index contributed by atoms with van der Waals surface area (Å²) in [4.78, 5) is 10.0. The van der Waals surface area contributed by atoms with E-state index in [1.807, 2.05) is 12.1 Å². The van der Waals surface area contributed by atoms with Gasteiger partial charge in [-0.2, -0.15) is 0 Å². The van der Waals surface area contributed by atoms with E-state index in [4.69, 9.17) is 0 Å². The number of nitrogens with one attached hydrogen (secondary N) is 1. The van der Waals surface area contributed by atoms with E-state index in [-0.39, 0.29) is 18.5 Å². The number of fused-ring (bicyclic) bond motifs is 1. The Morgan fingerprint density at radius 1 is 1.21 bits per heavy atom. The van der Waals surface area contributed by atoms with Crippen LogP contribution in [0, 0.1) is 5.82 Å². The van der Waals surface area contributed by atoms with Crippen molar-refractivity contribution in [2.45, 2.75) is 25.4 Å². The molecule has 0 spiro atoms. The van der Waals surface area contributed by atoms with E-state index in [0.29, 0.717) is 5.52 Å². The van der Waals surface area contributed by atoms with Crippen LogP contribution < -0.4 is 0 Å². The highest BCUT2D eigenvalue weighted by Crippen LogP contribution is 2.23. The van der Waals surface area contributed by atoms with Gasteiger partial charge in [-0.05, 0) is 43.1 Å². The quantitative estimate of drug-likeness (QED) is 0.774. The zero-order valence-corrected chi connectivity index (χ0v) is 13.4. The van der Waals surface area contributed by atoms with Gasteiger partial charge in [0.15, 0.2) is 0 Å². The third kappa shape index (κ3) is 2.92. The summed E-state index contributed by atoms with van der Waals surface area (Å²) >= 11 is 0. The van der Waals surface area contributed by atoms with Crippen molar-refractivity contribution < 1.29 is 9.50 Å². The fraction of sp³-hybridized carbons (Fsp3) is 0.316. The van der Waals surface area contributed by atoms with E-state index in [1.165, 1.54) is 17.7 Å². The van der Waals surface area contributed by atoms with Crippen LogP contribution in [-0.2, 0) is 6.54 Å². The molecule has 5 heteroatoms. The first-order chi connectivity index (χ1) is 11.7. The molecule has 1 aromatic heterocycles. The monoisotopic (exact) mass is 325 g/mol. The van der Waals surface area contributed by atoms with Crippen LogP contribution >= 0.6 is 0 Å². The lowest BCUT2D eigenvalue weighted by molar-refractivity contribution is 0.153. The van der Waals surface area contributed by atoms with E-state index < -0.39 is 0 Å². The number of hydrogen-bond acceptors (Lipinski definition) is 3. The standard InChI is InChI=1S/C19H20FN3O/c20-15-7-8-17-18(10-15)22-19(21-17)14-5-3-13(4-6-14)11-23-9-1-2-16(23)12-24/h3-8,10,16,24H,1-2,9,11-12H2,(H,21,22)/t16-/m1/s1. The summed E-state index contributed by atoms with van der Waals surface area (Å²) in [5.74, 6) is 0.480. The van der Waals surface area contributed by atoms with E-state index in [0.717, 1.165) is 42.8 Å². The molecule has 1 aliphatic heterocycles. The first-order valence-corrected chi connectivity index (χ1v) is 8.32. The van der Waals surface area contributed by atoms with Crippen LogP contribution in [0.3, 0.4) is 0 Å². The molecule has 124 valence electrons. The number of halogens is 1. The SMILES string of the molecule is OC[C@H]1CCCN1Cc1ccc(-c2nc3ccc(F)cc3[nH]2)cc1. The molecule has 0 amide bonds. The number of likely N-dealkylation sites (tertiary alicyclic amines) is 1. The largest absolute Gasteiger partial charge is 0.395 e. The van der Waals surface area contributed by atoms with Crippen LogP contribution in [0.1, 0.15) is 18.4 Å². The van der Waals surface area contributed by atoms with E-state index >= 15 is 0 Å². The molecule has 0 radical (unpaired) electrons. The molecule has 0 unspecified atom stereocenters. The maximum absolute atomic E-state index is 13.3. The van der Waals surface area contributed by atoms with Gasteiger partial charge < -0.3 is 10.1 Å². The summed E-state index contributed by atoms with van der Waals surface area (Å²) in [7, 11) is 0. The highest BCUT2D eigenvalue weighted by Gasteiger charge is 2.23. The number of hydrogen-bond donors (Lipinski definition) is 2. The Morgan fingerprint density at radius 2 is 2.04 bits per heavy atom. The third-order valence-corrected chi connectivity index (χ3v) is 4.77. The fourth-order valence-corrected chi connectivity index (χ4v) is 3.43. The van der Waals surface area contributed by atoms with Gasteiger partial charge in [0.1, 0.15) is 11.6 Å². The van der Waals surface area contributed by atoms with Gasteiger partial charge in [0.25, 0.3) is 0 Å². The van der Waals surface area contributed by atoms with Crippen LogP contribution in [0.5, 0.6) is 0 Å². The number of rotatable bonds is 4. The van der Waals surface area contributed by atoms with E-state index in [9.17, 15) is 9.50 Å². The summed E-state index contributed by atoms with van der Waals surface area (Å²) in [5.41, 5.74) is 3.67. The number of H-pyrrole nitrogens is 1. The molecule has 0 saturated carbocycles. The lowest BCUT2D eigenvalue weighted by Gasteiger charge is -2.22. The van der Waals surface area contributed by atoms with Crippen molar-refractivity contribution in [3.05, 3.63) is 53.8 Å². The lowest BCUT2D eigenvalue weighted by Crippen LogP contribution is -2.31. The van der Waals surface area contributed by atoms with Crippen molar-refractivity contribution in [1.82, 2.24) is 14.9 Å². The molecule has 4 nitrogen and oxygen atoms in total. The van der Waals surface area contributed by atoms with E-state index in [2.05, 4.69) is 27.0 Å². The van der Waals surface area contributed by atoms with Gasteiger partial charge in [0.2, 0.25) is 0 Å². The Balaban J connectivity index is 1.54. The molecule has 4 rings (SSSR count). The van der Waals surface area contributed by atoms with Crippen LogP contribution in [0.2, 0.25) is 0 Å². The van der Waals surface area contributed by atoms with E-state index in [1.54, 1.807) is 6.07 Å². The first kappa shape index (κ1) is 15.3. The Morgan fingerprint density at radius 3 is 2.83 bits per heavy atom. The summed E-state index contributed by atoms with van der Waals surface area (Å²) < 4.78 is 13.3. The molecule has 1 saturated heterocycles. The smallest absolute Gasteiger partial charge is 0.138 e. The Bertz CT molecular complexity index is 843. The first-order valence-electron chi connectivity index (χ1n) is 8.32. The predicted octanol–water partition coefficient (Wildman–Crippen LogP) is 3.33. The maximum atomic E-state index is 13.3. The normalized spacial score (nSPS) is 18.5.